The zero-order valence-corrected chi connectivity index (χ0v) is 27.3. The van der Waals surface area contributed by atoms with Crippen molar-refractivity contribution in [1.82, 2.24) is 0 Å². The van der Waals surface area contributed by atoms with E-state index in [9.17, 15) is 51.1 Å². The van der Waals surface area contributed by atoms with Gasteiger partial charge in [-0.25, -0.2) is 0 Å². The van der Waals surface area contributed by atoms with E-state index in [0.717, 1.165) is 0 Å². The van der Waals surface area contributed by atoms with Gasteiger partial charge in [0.05, 0.1) is 76.3 Å². The molecule has 12 N–H and O–H groups in total. The molecule has 2 aliphatic rings. The van der Waals surface area contributed by atoms with Crippen LogP contribution in [0.4, 0.5) is 0 Å². The van der Waals surface area contributed by atoms with Gasteiger partial charge in [-0.2, -0.15) is 0 Å². The predicted octanol–water partition coefficient (Wildman–Crippen LogP) is -3.98. The first-order valence-corrected chi connectivity index (χ1v) is 16.5. The van der Waals surface area contributed by atoms with E-state index in [2.05, 4.69) is 0 Å². The topological polar surface area (TPSA) is 280 Å². The lowest BCUT2D eigenvalue weighted by Crippen LogP contribution is -2.68. The molecule has 47 heavy (non-hydrogen) atoms. The fraction of sp³-hybridized carbons (Fsp3) is 1.00. The Bertz CT molecular complexity index is 856. The lowest BCUT2D eigenvalue weighted by molar-refractivity contribution is -0.270. The van der Waals surface area contributed by atoms with E-state index in [1.165, 1.54) is 0 Å². The van der Waals surface area contributed by atoms with Gasteiger partial charge >= 0.3 is 0 Å². The first kappa shape index (κ1) is 42.5. The van der Waals surface area contributed by atoms with Crippen LogP contribution in [-0.4, -0.2) is 189 Å². The van der Waals surface area contributed by atoms with Gasteiger partial charge in [0.1, 0.15) is 18.3 Å². The quantitative estimate of drug-likeness (QED) is 0.0431. The van der Waals surface area contributed by atoms with Crippen molar-refractivity contribution in [2.24, 2.45) is 16.7 Å². The lowest BCUT2D eigenvalue weighted by Gasteiger charge is -2.61. The van der Waals surface area contributed by atoms with Crippen molar-refractivity contribution in [2.75, 3.05) is 85.9 Å². The third-order valence-corrected chi connectivity index (χ3v) is 9.77. The maximum atomic E-state index is 12.5. The number of hydrogen-bond acceptors (Lipinski definition) is 16. The minimum absolute atomic E-state index is 0.00215. The standard InChI is InChI=1S/C31H60O16/c32-3-1-7-44-16-24(40)26(46-8-2-4-33)28(20-37)11-22(15-36)12-29(18-28,21-38)31(43)14-23(39)13-30(42,19-31)27(47-10-6-35)25(41)17-45-9-5-34/h22-27,32-43H,1-21H2. The number of aliphatic hydroxyl groups excluding tert-OH is 10. The molecule has 2 fully saturated rings. The van der Waals surface area contributed by atoms with E-state index in [0.29, 0.717) is 6.42 Å². The van der Waals surface area contributed by atoms with Crippen molar-refractivity contribution in [3.63, 3.8) is 0 Å². The van der Waals surface area contributed by atoms with Gasteiger partial charge in [0, 0.05) is 63.1 Å². The third-order valence-electron chi connectivity index (χ3n) is 9.77. The van der Waals surface area contributed by atoms with Gasteiger partial charge in [0.2, 0.25) is 0 Å². The molecule has 0 aromatic heterocycles. The molecule has 280 valence electrons. The fourth-order valence-electron chi connectivity index (χ4n) is 7.93. The van der Waals surface area contributed by atoms with Crippen molar-refractivity contribution >= 4 is 0 Å². The average molecular weight is 689 g/mol. The number of rotatable bonds is 24. The summed E-state index contributed by atoms with van der Waals surface area (Å²) in [6, 6.07) is 0. The Morgan fingerprint density at radius 1 is 0.617 bits per heavy atom. The molecular formula is C31H60O16. The van der Waals surface area contributed by atoms with E-state index in [-0.39, 0.29) is 98.0 Å². The summed E-state index contributed by atoms with van der Waals surface area (Å²) in [5.74, 6) is -0.649. The van der Waals surface area contributed by atoms with Crippen molar-refractivity contribution in [2.45, 2.75) is 93.1 Å². The summed E-state index contributed by atoms with van der Waals surface area (Å²) in [5, 5.41) is 127. The van der Waals surface area contributed by atoms with Crippen LogP contribution in [0.1, 0.15) is 51.4 Å². The highest BCUT2D eigenvalue weighted by molar-refractivity contribution is 5.15. The Morgan fingerprint density at radius 3 is 1.79 bits per heavy atom. The lowest BCUT2D eigenvalue weighted by atomic mass is 9.48. The normalized spacial score (nSPS) is 34.2. The number of aliphatic hydroxyl groups is 12. The van der Waals surface area contributed by atoms with Gasteiger partial charge in [0.15, 0.2) is 0 Å². The molecule has 16 nitrogen and oxygen atoms in total. The van der Waals surface area contributed by atoms with Crippen LogP contribution in [0.5, 0.6) is 0 Å². The summed E-state index contributed by atoms with van der Waals surface area (Å²) in [6.07, 6.45) is -7.68. The first-order valence-electron chi connectivity index (χ1n) is 16.5. The van der Waals surface area contributed by atoms with Crippen LogP contribution in [0, 0.1) is 16.7 Å². The highest BCUT2D eigenvalue weighted by Crippen LogP contribution is 2.60. The van der Waals surface area contributed by atoms with Gasteiger partial charge in [-0.15, -0.1) is 0 Å². The van der Waals surface area contributed by atoms with Crippen LogP contribution in [0.25, 0.3) is 0 Å². The van der Waals surface area contributed by atoms with Crippen molar-refractivity contribution in [3.8, 4) is 0 Å². The number of hydrogen-bond donors (Lipinski definition) is 12. The fourth-order valence-corrected chi connectivity index (χ4v) is 7.93. The second kappa shape index (κ2) is 20.3. The van der Waals surface area contributed by atoms with Crippen molar-refractivity contribution < 1.29 is 80.2 Å². The predicted molar refractivity (Wildman–Crippen MR) is 164 cm³/mol. The monoisotopic (exact) mass is 688 g/mol. The van der Waals surface area contributed by atoms with Crippen molar-refractivity contribution in [1.29, 1.82) is 0 Å². The van der Waals surface area contributed by atoms with Crippen LogP contribution in [0.3, 0.4) is 0 Å². The molecule has 2 aliphatic carbocycles. The molecule has 0 spiro atoms. The molecule has 0 radical (unpaired) electrons. The number of ether oxygens (including phenoxy) is 4. The summed E-state index contributed by atoms with van der Waals surface area (Å²) in [6.45, 7) is -3.84. The second-order valence-electron chi connectivity index (χ2n) is 13.4. The van der Waals surface area contributed by atoms with Gasteiger partial charge < -0.3 is 80.2 Å². The van der Waals surface area contributed by atoms with E-state index in [1.54, 1.807) is 0 Å². The highest BCUT2D eigenvalue weighted by atomic mass is 16.5. The van der Waals surface area contributed by atoms with Crippen LogP contribution in [-0.2, 0) is 18.9 Å². The molecule has 10 atom stereocenters. The molecule has 0 aromatic rings. The van der Waals surface area contributed by atoms with Crippen LogP contribution >= 0.6 is 0 Å². The van der Waals surface area contributed by atoms with E-state index in [1.807, 2.05) is 0 Å². The molecular weight excluding hydrogens is 628 g/mol. The summed E-state index contributed by atoms with van der Waals surface area (Å²) < 4.78 is 22.4. The molecule has 2 rings (SSSR count). The average Bonchev–Trinajstić information content (AvgIpc) is 3.04. The summed E-state index contributed by atoms with van der Waals surface area (Å²) >= 11 is 0. The molecule has 0 amide bonds. The molecule has 0 aromatic carbocycles. The molecule has 0 aliphatic heterocycles. The molecule has 2 saturated carbocycles. The third kappa shape index (κ3) is 10.9. The molecule has 0 saturated heterocycles. The maximum Gasteiger partial charge on any atom is 0.115 e. The van der Waals surface area contributed by atoms with Crippen LogP contribution < -0.4 is 0 Å². The van der Waals surface area contributed by atoms with Crippen molar-refractivity contribution in [3.05, 3.63) is 0 Å². The minimum atomic E-state index is -2.13. The van der Waals surface area contributed by atoms with Crippen LogP contribution in [0.2, 0.25) is 0 Å². The Kier molecular flexibility index (Phi) is 18.3. The second-order valence-corrected chi connectivity index (χ2v) is 13.4. The maximum absolute atomic E-state index is 12.5. The molecule has 0 heterocycles. The molecule has 16 heteroatoms. The Labute approximate surface area is 276 Å². The Balaban J connectivity index is 2.58. The molecule has 0 bridgehead atoms. The van der Waals surface area contributed by atoms with Gasteiger partial charge in [-0.3, -0.25) is 0 Å². The first-order chi connectivity index (χ1) is 22.4. The largest absolute Gasteiger partial charge is 0.396 e. The Hall–Kier alpha value is -0.640. The zero-order chi connectivity index (χ0) is 35.1. The summed E-state index contributed by atoms with van der Waals surface area (Å²) in [5.41, 5.74) is -7.22. The van der Waals surface area contributed by atoms with Gasteiger partial charge in [-0.1, -0.05) is 0 Å². The molecule has 10 unspecified atom stereocenters. The Morgan fingerprint density at radius 2 is 1.21 bits per heavy atom. The van der Waals surface area contributed by atoms with Gasteiger partial charge in [-0.05, 0) is 38.0 Å². The smallest absolute Gasteiger partial charge is 0.115 e. The van der Waals surface area contributed by atoms with Gasteiger partial charge in [0.25, 0.3) is 0 Å². The van der Waals surface area contributed by atoms with E-state index in [4.69, 9.17) is 29.2 Å². The van der Waals surface area contributed by atoms with E-state index < -0.39 is 91.3 Å². The minimum Gasteiger partial charge on any atom is -0.396 e. The zero-order valence-electron chi connectivity index (χ0n) is 27.3. The van der Waals surface area contributed by atoms with Crippen LogP contribution in [0.15, 0.2) is 0 Å². The summed E-state index contributed by atoms with van der Waals surface area (Å²) in [7, 11) is 0. The SMILES string of the molecule is OCCCOCC(O)C(OCCCO)C1(CO)CC(CO)CC(CO)(C2(O)CC(O)CC(O)(C(OCCO)C(O)COCCO)C2)C1. The summed E-state index contributed by atoms with van der Waals surface area (Å²) in [4.78, 5) is 0. The highest BCUT2D eigenvalue weighted by Gasteiger charge is 2.65. The van der Waals surface area contributed by atoms with E-state index >= 15 is 0 Å².